The Bertz CT molecular complexity index is 707. The lowest BCUT2D eigenvalue weighted by atomic mass is 9.98. The highest BCUT2D eigenvalue weighted by Crippen LogP contribution is 2.37. The van der Waals surface area contributed by atoms with Gasteiger partial charge in [-0.3, -0.25) is 4.79 Å². The molecule has 4 rings (SSSR count). The van der Waals surface area contributed by atoms with Crippen LogP contribution in [0.1, 0.15) is 16.8 Å². The first-order valence-electron chi connectivity index (χ1n) is 6.33. The van der Waals surface area contributed by atoms with Crippen molar-refractivity contribution in [2.45, 2.75) is 6.42 Å². The van der Waals surface area contributed by atoms with Gasteiger partial charge in [0.1, 0.15) is 0 Å². The molecule has 92 valence electrons. The molecule has 2 aliphatic heterocycles. The lowest BCUT2D eigenvalue weighted by Crippen LogP contribution is -2.25. The van der Waals surface area contributed by atoms with Crippen LogP contribution in [0.15, 0.2) is 71.7 Å². The quantitative estimate of drug-likeness (QED) is 0.765. The van der Waals surface area contributed by atoms with Crippen LogP contribution < -0.4 is 10.2 Å². The Kier molecular flexibility index (Phi) is 2.03. The smallest absolute Gasteiger partial charge is 0.257 e. The van der Waals surface area contributed by atoms with Crippen LogP contribution in [0.25, 0.3) is 0 Å². The zero-order chi connectivity index (χ0) is 12.8. The molecule has 1 aromatic rings. The van der Waals surface area contributed by atoms with E-state index in [9.17, 15) is 4.79 Å². The molecule has 19 heavy (non-hydrogen) atoms. The number of carbonyl (C=O) groups is 1. The number of hydrogen-bond donors (Lipinski definition) is 1. The minimum Gasteiger partial charge on any atom is -0.320 e. The van der Waals surface area contributed by atoms with Gasteiger partial charge in [0.15, 0.2) is 0 Å². The van der Waals surface area contributed by atoms with Gasteiger partial charge in [0, 0.05) is 6.20 Å². The van der Waals surface area contributed by atoms with Crippen molar-refractivity contribution in [2.75, 3.05) is 4.90 Å². The fourth-order valence-electron chi connectivity index (χ4n) is 2.77. The topological polar surface area (TPSA) is 32.3 Å². The third-order valence-corrected chi connectivity index (χ3v) is 3.61. The van der Waals surface area contributed by atoms with Crippen LogP contribution in [0.2, 0.25) is 0 Å². The predicted molar refractivity (Wildman–Crippen MR) is 74.4 cm³/mol. The fourth-order valence-corrected chi connectivity index (χ4v) is 2.77. The molecule has 1 aliphatic carbocycles. The van der Waals surface area contributed by atoms with Crippen LogP contribution in [0.4, 0.5) is 5.69 Å². The van der Waals surface area contributed by atoms with Crippen molar-refractivity contribution in [3.8, 4) is 0 Å². The van der Waals surface area contributed by atoms with Gasteiger partial charge in [-0.25, -0.2) is 0 Å². The van der Waals surface area contributed by atoms with Gasteiger partial charge in [-0.15, -0.1) is 0 Å². The Labute approximate surface area is 111 Å². The first-order chi connectivity index (χ1) is 9.34. The number of rotatable bonds is 0. The first-order valence-corrected chi connectivity index (χ1v) is 6.33. The minimum absolute atomic E-state index is 0.0493. The molecule has 3 nitrogen and oxygen atoms in total. The van der Waals surface area contributed by atoms with Crippen molar-refractivity contribution < 1.29 is 4.79 Å². The summed E-state index contributed by atoms with van der Waals surface area (Å²) in [4.78, 5) is 14.4. The molecule has 0 aromatic heterocycles. The minimum atomic E-state index is -0.0493. The highest BCUT2D eigenvalue weighted by Gasteiger charge is 2.29. The largest absolute Gasteiger partial charge is 0.320 e. The van der Waals surface area contributed by atoms with E-state index in [0.717, 1.165) is 23.5 Å². The number of fused-ring (bicyclic) bond motifs is 2. The second-order valence-electron chi connectivity index (χ2n) is 4.74. The van der Waals surface area contributed by atoms with Gasteiger partial charge >= 0.3 is 0 Å². The average molecular weight is 248 g/mol. The summed E-state index contributed by atoms with van der Waals surface area (Å²) >= 11 is 0. The zero-order valence-corrected chi connectivity index (χ0v) is 10.3. The molecule has 1 aromatic carbocycles. The van der Waals surface area contributed by atoms with Crippen molar-refractivity contribution in [1.82, 2.24) is 5.32 Å². The second kappa shape index (κ2) is 3.72. The van der Waals surface area contributed by atoms with Crippen LogP contribution in [-0.2, 0) is 0 Å². The lowest BCUT2D eigenvalue weighted by Gasteiger charge is -2.30. The number of amides is 1. The fraction of sp³-hybridized carbons (Fsp3) is 0.0625. The summed E-state index contributed by atoms with van der Waals surface area (Å²) in [6.07, 6.45) is 11.1. The number of hydrogen-bond acceptors (Lipinski definition) is 2. The van der Waals surface area contributed by atoms with Gasteiger partial charge in [-0.2, -0.15) is 0 Å². The molecule has 3 aliphatic rings. The molecule has 1 N–H and O–H groups in total. The van der Waals surface area contributed by atoms with Crippen LogP contribution in [0.3, 0.4) is 0 Å². The Morgan fingerprint density at radius 2 is 2.11 bits per heavy atom. The summed E-state index contributed by atoms with van der Waals surface area (Å²) in [6, 6.07) is 7.69. The number of anilines is 1. The second-order valence-corrected chi connectivity index (χ2v) is 4.74. The van der Waals surface area contributed by atoms with E-state index in [4.69, 9.17) is 0 Å². The summed E-state index contributed by atoms with van der Waals surface area (Å²) < 4.78 is 0. The van der Waals surface area contributed by atoms with E-state index in [1.165, 1.54) is 5.57 Å². The standard InChI is InChI=1S/C16H12N2O/c19-16-12-7-1-2-9-14(12)18-10-4-6-11-5-3-8-13(17-16)15(11)18/h1-4,6-10H,5H2,(H,17,19). The number of nitrogens with one attached hydrogen (secondary N) is 1. The van der Waals surface area contributed by atoms with Gasteiger partial charge in [-0.1, -0.05) is 24.3 Å². The van der Waals surface area contributed by atoms with Crippen molar-refractivity contribution in [3.05, 3.63) is 77.3 Å². The summed E-state index contributed by atoms with van der Waals surface area (Å²) in [5, 5.41) is 3.00. The van der Waals surface area contributed by atoms with E-state index in [1.54, 1.807) is 0 Å². The van der Waals surface area contributed by atoms with Crippen molar-refractivity contribution in [2.24, 2.45) is 0 Å². The van der Waals surface area contributed by atoms with Crippen molar-refractivity contribution in [1.29, 1.82) is 0 Å². The molecule has 0 bridgehead atoms. The van der Waals surface area contributed by atoms with Crippen molar-refractivity contribution >= 4 is 11.6 Å². The van der Waals surface area contributed by atoms with E-state index < -0.39 is 0 Å². The molecular weight excluding hydrogens is 236 g/mol. The summed E-state index contributed by atoms with van der Waals surface area (Å²) in [5.41, 5.74) is 4.83. The zero-order valence-electron chi connectivity index (χ0n) is 10.3. The molecule has 0 saturated heterocycles. The normalized spacial score (nSPS) is 19.5. The van der Waals surface area contributed by atoms with Crippen LogP contribution in [0, 0.1) is 0 Å². The molecule has 0 spiro atoms. The molecule has 3 heteroatoms. The SMILES string of the molecule is O=C1NC2=C3C(=CC=CN3c3ccccc31)CC=C2. The third-order valence-electron chi connectivity index (χ3n) is 3.61. The molecule has 0 fully saturated rings. The number of carbonyl (C=O) groups excluding carboxylic acids is 1. The summed E-state index contributed by atoms with van der Waals surface area (Å²) in [7, 11) is 0. The maximum Gasteiger partial charge on any atom is 0.257 e. The van der Waals surface area contributed by atoms with Crippen molar-refractivity contribution in [3.63, 3.8) is 0 Å². The number of allylic oxidation sites excluding steroid dienone is 5. The summed E-state index contributed by atoms with van der Waals surface area (Å²) in [5.74, 6) is -0.0493. The maximum absolute atomic E-state index is 12.3. The van der Waals surface area contributed by atoms with E-state index in [0.29, 0.717) is 5.56 Å². The van der Waals surface area contributed by atoms with Gasteiger partial charge in [0.2, 0.25) is 0 Å². The third kappa shape index (κ3) is 1.41. The van der Waals surface area contributed by atoms with Gasteiger partial charge in [0.05, 0.1) is 22.6 Å². The molecule has 0 atom stereocenters. The van der Waals surface area contributed by atoms with E-state index in [2.05, 4.69) is 22.4 Å². The molecule has 2 heterocycles. The molecule has 0 saturated carbocycles. The van der Waals surface area contributed by atoms with E-state index >= 15 is 0 Å². The Morgan fingerprint density at radius 3 is 3.05 bits per heavy atom. The predicted octanol–water partition coefficient (Wildman–Crippen LogP) is 2.86. The lowest BCUT2D eigenvalue weighted by molar-refractivity contribution is 0.0968. The van der Waals surface area contributed by atoms with Gasteiger partial charge < -0.3 is 10.2 Å². The monoisotopic (exact) mass is 248 g/mol. The highest BCUT2D eigenvalue weighted by molar-refractivity contribution is 6.03. The van der Waals surface area contributed by atoms with Crippen LogP contribution >= 0.6 is 0 Å². The van der Waals surface area contributed by atoms with Crippen LogP contribution in [0.5, 0.6) is 0 Å². The van der Waals surface area contributed by atoms with Gasteiger partial charge in [0.25, 0.3) is 5.91 Å². The highest BCUT2D eigenvalue weighted by atomic mass is 16.1. The molecule has 1 amide bonds. The number of para-hydroxylation sites is 1. The number of benzene rings is 1. The maximum atomic E-state index is 12.3. The number of nitrogens with zero attached hydrogens (tertiary/aromatic N) is 1. The molecular formula is C16H12N2O. The molecule has 0 unspecified atom stereocenters. The average Bonchev–Trinajstić information content (AvgIpc) is 2.58. The van der Waals surface area contributed by atoms with E-state index in [1.807, 2.05) is 42.6 Å². The first kappa shape index (κ1) is 10.4. The van der Waals surface area contributed by atoms with E-state index in [-0.39, 0.29) is 5.91 Å². The molecule has 0 radical (unpaired) electrons. The Balaban J connectivity index is 2.01. The Morgan fingerprint density at radius 1 is 1.21 bits per heavy atom. The summed E-state index contributed by atoms with van der Waals surface area (Å²) in [6.45, 7) is 0. The van der Waals surface area contributed by atoms with Crippen LogP contribution in [-0.4, -0.2) is 5.91 Å². The Hall–Kier alpha value is -2.55. The van der Waals surface area contributed by atoms with Gasteiger partial charge in [-0.05, 0) is 36.3 Å².